The van der Waals surface area contributed by atoms with Crippen molar-refractivity contribution in [2.75, 3.05) is 6.54 Å². The highest BCUT2D eigenvalue weighted by atomic mass is 16.5. The summed E-state index contributed by atoms with van der Waals surface area (Å²) in [6.45, 7) is 4.86. The van der Waals surface area contributed by atoms with Crippen LogP contribution in [0.4, 0.5) is 0 Å². The van der Waals surface area contributed by atoms with E-state index in [-0.39, 0.29) is 18.0 Å². The van der Waals surface area contributed by atoms with Crippen LogP contribution in [0.1, 0.15) is 174 Å². The minimum atomic E-state index is -1.02. The Morgan fingerprint density at radius 1 is 0.652 bits per heavy atom. The number of carbonyl (C=O) groups is 3. The Balaban J connectivity index is 4.44. The number of nitrogens with one attached hydrogen (secondary N) is 1. The first-order chi connectivity index (χ1) is 22.4. The molecule has 4 N–H and O–H groups in total. The highest BCUT2D eigenvalue weighted by Gasteiger charge is 2.19. The van der Waals surface area contributed by atoms with Gasteiger partial charge < -0.3 is 20.9 Å². The van der Waals surface area contributed by atoms with Gasteiger partial charge in [0.2, 0.25) is 5.91 Å². The fraction of sp³-hybridized carbons (Fsp3) is 0.769. The summed E-state index contributed by atoms with van der Waals surface area (Å²) in [7, 11) is 0. The number of unbranched alkanes of at least 4 members (excludes halogenated alkanes) is 15. The molecule has 0 saturated heterocycles. The third-order valence-electron chi connectivity index (χ3n) is 8.16. The molecule has 0 aliphatic carbocycles. The van der Waals surface area contributed by atoms with Gasteiger partial charge in [-0.25, -0.2) is 4.79 Å². The molecule has 0 fully saturated rings. The van der Waals surface area contributed by atoms with Gasteiger partial charge in [0.05, 0.1) is 0 Å². The first-order valence-corrected chi connectivity index (χ1v) is 18.8. The summed E-state index contributed by atoms with van der Waals surface area (Å²) in [5, 5.41) is 11.9. The molecular weight excluding hydrogens is 576 g/mol. The second kappa shape index (κ2) is 33.9. The van der Waals surface area contributed by atoms with E-state index in [1.165, 1.54) is 64.2 Å². The minimum absolute atomic E-state index is 0.115. The quantitative estimate of drug-likeness (QED) is 0.0371. The van der Waals surface area contributed by atoms with E-state index in [9.17, 15) is 19.5 Å². The van der Waals surface area contributed by atoms with Gasteiger partial charge in [-0.2, -0.15) is 0 Å². The zero-order valence-corrected chi connectivity index (χ0v) is 29.7. The maximum absolute atomic E-state index is 12.6. The molecule has 2 unspecified atom stereocenters. The first-order valence-electron chi connectivity index (χ1n) is 18.8. The van der Waals surface area contributed by atoms with Crippen molar-refractivity contribution in [3.05, 3.63) is 36.5 Å². The number of carboxylic acids is 1. The van der Waals surface area contributed by atoms with Crippen LogP contribution in [-0.2, 0) is 19.1 Å². The van der Waals surface area contributed by atoms with Gasteiger partial charge in [-0.05, 0) is 96.1 Å². The molecule has 0 aromatic carbocycles. The topological polar surface area (TPSA) is 119 Å². The third kappa shape index (κ3) is 30.3. The lowest BCUT2D eigenvalue weighted by Crippen LogP contribution is -2.40. The van der Waals surface area contributed by atoms with Crippen molar-refractivity contribution in [2.45, 2.75) is 187 Å². The zero-order chi connectivity index (χ0) is 33.9. The smallest absolute Gasteiger partial charge is 0.326 e. The molecule has 266 valence electrons. The van der Waals surface area contributed by atoms with Crippen molar-refractivity contribution in [3.63, 3.8) is 0 Å². The van der Waals surface area contributed by atoms with Gasteiger partial charge in [0.1, 0.15) is 12.1 Å². The average Bonchev–Trinajstić information content (AvgIpc) is 3.04. The Kier molecular flexibility index (Phi) is 32.2. The summed E-state index contributed by atoms with van der Waals surface area (Å²) in [6.07, 6.45) is 37.7. The van der Waals surface area contributed by atoms with Crippen LogP contribution in [0, 0.1) is 0 Å². The van der Waals surface area contributed by atoms with E-state index >= 15 is 0 Å². The Morgan fingerprint density at radius 2 is 1.20 bits per heavy atom. The van der Waals surface area contributed by atoms with E-state index in [0.29, 0.717) is 38.6 Å². The van der Waals surface area contributed by atoms with Gasteiger partial charge in [0, 0.05) is 12.8 Å². The first kappa shape index (κ1) is 43.6. The Hall–Kier alpha value is -2.41. The lowest BCUT2D eigenvalue weighted by Gasteiger charge is -2.15. The summed E-state index contributed by atoms with van der Waals surface area (Å²) >= 11 is 0. The van der Waals surface area contributed by atoms with E-state index in [0.717, 1.165) is 64.2 Å². The number of amides is 1. The number of rotatable bonds is 33. The molecule has 0 bridgehead atoms. The number of esters is 1. The summed E-state index contributed by atoms with van der Waals surface area (Å²) in [4.78, 5) is 36.2. The molecule has 0 rings (SSSR count). The van der Waals surface area contributed by atoms with E-state index in [4.69, 9.17) is 10.5 Å². The maximum atomic E-state index is 12.6. The molecule has 0 radical (unpaired) electrons. The number of allylic oxidation sites excluding steroid dienone is 5. The SMILES string of the molecule is CCCCC/C=C\CCCCCCCC(=O)OC(/C=C\C/C=C\CCCCCC)CCCCCCC(=O)NC(CCCN)C(=O)O. The molecule has 46 heavy (non-hydrogen) atoms. The van der Waals surface area contributed by atoms with E-state index in [2.05, 4.69) is 49.5 Å². The largest absolute Gasteiger partial charge is 0.480 e. The number of nitrogens with two attached hydrogens (primary N) is 1. The summed E-state index contributed by atoms with van der Waals surface area (Å²) < 4.78 is 5.88. The molecule has 0 spiro atoms. The zero-order valence-electron chi connectivity index (χ0n) is 29.7. The lowest BCUT2D eigenvalue weighted by atomic mass is 10.1. The summed E-state index contributed by atoms with van der Waals surface area (Å²) in [5.74, 6) is -1.36. The highest BCUT2D eigenvalue weighted by molar-refractivity contribution is 5.83. The van der Waals surface area contributed by atoms with Crippen molar-refractivity contribution in [1.29, 1.82) is 0 Å². The lowest BCUT2D eigenvalue weighted by molar-refractivity contribution is -0.147. The molecule has 7 heteroatoms. The van der Waals surface area contributed by atoms with Crippen molar-refractivity contribution in [2.24, 2.45) is 5.73 Å². The average molecular weight is 647 g/mol. The van der Waals surface area contributed by atoms with Crippen LogP contribution in [0.3, 0.4) is 0 Å². The molecule has 0 aromatic heterocycles. The van der Waals surface area contributed by atoms with Crippen LogP contribution in [-0.4, -0.2) is 41.6 Å². The Labute approximate surface area is 282 Å². The predicted molar refractivity (Wildman–Crippen MR) is 193 cm³/mol. The van der Waals surface area contributed by atoms with Crippen molar-refractivity contribution >= 4 is 17.8 Å². The second-order valence-corrected chi connectivity index (χ2v) is 12.6. The molecule has 0 aliphatic heterocycles. The molecule has 1 amide bonds. The fourth-order valence-corrected chi connectivity index (χ4v) is 5.27. The van der Waals surface area contributed by atoms with Gasteiger partial charge >= 0.3 is 11.9 Å². The molecule has 0 aliphatic rings. The van der Waals surface area contributed by atoms with Crippen LogP contribution in [0.25, 0.3) is 0 Å². The summed E-state index contributed by atoms with van der Waals surface area (Å²) in [6, 6.07) is -0.874. The normalized spacial score (nSPS) is 13.1. The van der Waals surface area contributed by atoms with E-state index in [1.54, 1.807) is 0 Å². The van der Waals surface area contributed by atoms with Crippen LogP contribution < -0.4 is 11.1 Å². The summed E-state index contributed by atoms with van der Waals surface area (Å²) in [5.41, 5.74) is 5.47. The second-order valence-electron chi connectivity index (χ2n) is 12.6. The van der Waals surface area contributed by atoms with Gasteiger partial charge in [-0.1, -0.05) is 108 Å². The highest BCUT2D eigenvalue weighted by Crippen LogP contribution is 2.15. The molecule has 7 nitrogen and oxygen atoms in total. The van der Waals surface area contributed by atoms with Crippen LogP contribution in [0.5, 0.6) is 0 Å². The van der Waals surface area contributed by atoms with Gasteiger partial charge in [-0.15, -0.1) is 0 Å². The van der Waals surface area contributed by atoms with Crippen LogP contribution in [0.2, 0.25) is 0 Å². The third-order valence-corrected chi connectivity index (χ3v) is 8.16. The Bertz CT molecular complexity index is 823. The van der Waals surface area contributed by atoms with E-state index < -0.39 is 12.0 Å². The molecule has 0 aromatic rings. The molecule has 0 heterocycles. The van der Waals surface area contributed by atoms with Gasteiger partial charge in [0.25, 0.3) is 0 Å². The molecular formula is C39H70N2O5. The van der Waals surface area contributed by atoms with E-state index in [1.807, 2.05) is 6.08 Å². The van der Waals surface area contributed by atoms with Crippen molar-refractivity contribution in [1.82, 2.24) is 5.32 Å². The number of hydrogen-bond acceptors (Lipinski definition) is 5. The van der Waals surface area contributed by atoms with Crippen LogP contribution >= 0.6 is 0 Å². The fourth-order valence-electron chi connectivity index (χ4n) is 5.27. The monoisotopic (exact) mass is 647 g/mol. The number of ether oxygens (including phenoxy) is 1. The standard InChI is InChI=1S/C39H70N2O5/c1-3-5-7-9-11-13-14-15-17-19-21-27-33-38(43)46-35(29-24-20-18-16-12-10-8-6-4-2)30-25-22-23-26-32-37(42)41-36(39(44)45)31-28-34-40/h11,13,16,18,24,29,35-36H,3-10,12,14-15,17,19-23,25-28,30-34,40H2,1-2H3,(H,41,42)(H,44,45)/b13-11-,18-16-,29-24-. The molecule has 0 saturated carbocycles. The number of carbonyl (C=O) groups excluding carboxylic acids is 2. The molecule has 2 atom stereocenters. The van der Waals surface area contributed by atoms with Gasteiger partial charge in [0.15, 0.2) is 0 Å². The maximum Gasteiger partial charge on any atom is 0.326 e. The predicted octanol–water partition coefficient (Wildman–Crippen LogP) is 9.89. The number of carboxylic acid groups (broad SMARTS) is 1. The van der Waals surface area contributed by atoms with Crippen LogP contribution in [0.15, 0.2) is 36.5 Å². The van der Waals surface area contributed by atoms with Crippen molar-refractivity contribution in [3.8, 4) is 0 Å². The number of aliphatic carboxylic acids is 1. The van der Waals surface area contributed by atoms with Crippen molar-refractivity contribution < 1.29 is 24.2 Å². The number of hydrogen-bond donors (Lipinski definition) is 3. The Morgan fingerprint density at radius 3 is 1.85 bits per heavy atom. The van der Waals surface area contributed by atoms with Gasteiger partial charge in [-0.3, -0.25) is 9.59 Å². The minimum Gasteiger partial charge on any atom is -0.480 e.